The maximum atomic E-state index is 12.1. The Kier molecular flexibility index (Phi) is 6.99. The zero-order valence-corrected chi connectivity index (χ0v) is 18.9. The highest BCUT2D eigenvalue weighted by Gasteiger charge is 2.34. The molecule has 0 saturated carbocycles. The molecule has 150 valence electrons. The Morgan fingerprint density at radius 3 is 2.29 bits per heavy atom. The molecule has 5 heteroatoms. The van der Waals surface area contributed by atoms with Gasteiger partial charge in [-0.25, -0.2) is 0 Å². The van der Waals surface area contributed by atoms with Gasteiger partial charge in [0.25, 0.3) is 0 Å². The molecule has 0 aromatic heterocycles. The Bertz CT molecular complexity index is 781. The minimum Gasteiger partial charge on any atom is -0.493 e. The molecule has 0 radical (unpaired) electrons. The molecule has 2 aromatic rings. The first kappa shape index (κ1) is 21.1. The van der Waals surface area contributed by atoms with Gasteiger partial charge in [-0.1, -0.05) is 24.3 Å². The number of hydrogen-bond acceptors (Lipinski definition) is 4. The van der Waals surface area contributed by atoms with Crippen LogP contribution in [0.25, 0.3) is 0 Å². The highest BCUT2D eigenvalue weighted by molar-refractivity contribution is 14.1. The summed E-state index contributed by atoms with van der Waals surface area (Å²) < 4.78 is 12.9. The molecule has 1 fully saturated rings. The lowest BCUT2D eigenvalue weighted by Gasteiger charge is -2.24. The van der Waals surface area contributed by atoms with Crippen LogP contribution in [0.1, 0.15) is 38.3 Å². The smallest absolute Gasteiger partial charge is 0.312 e. The fourth-order valence-corrected chi connectivity index (χ4v) is 3.43. The average molecular weight is 493 g/mol. The summed E-state index contributed by atoms with van der Waals surface area (Å²) in [6.45, 7) is 6.98. The predicted molar refractivity (Wildman–Crippen MR) is 119 cm³/mol. The van der Waals surface area contributed by atoms with Crippen LogP contribution in [0.5, 0.6) is 5.75 Å². The standard InChI is InChI=1S/C23H28INO3/c1-23(2,3)22(26)28-21-18(12-13-25-21)15-27-20-10-6-17(7-11-20)14-16-4-8-19(24)9-5-16/h4-11,18,21,25H,12-15H2,1-3H3/t18-,21?/m1/s1. The Morgan fingerprint density at radius 1 is 1.07 bits per heavy atom. The van der Waals surface area contributed by atoms with E-state index >= 15 is 0 Å². The second kappa shape index (κ2) is 9.27. The fourth-order valence-electron chi connectivity index (χ4n) is 3.07. The summed E-state index contributed by atoms with van der Waals surface area (Å²) in [5.41, 5.74) is 2.06. The van der Waals surface area contributed by atoms with Crippen LogP contribution >= 0.6 is 22.6 Å². The van der Waals surface area contributed by atoms with Gasteiger partial charge in [-0.2, -0.15) is 0 Å². The van der Waals surface area contributed by atoms with Gasteiger partial charge >= 0.3 is 5.97 Å². The van der Waals surface area contributed by atoms with E-state index in [-0.39, 0.29) is 18.1 Å². The first-order chi connectivity index (χ1) is 13.3. The maximum Gasteiger partial charge on any atom is 0.312 e. The van der Waals surface area contributed by atoms with Crippen molar-refractivity contribution in [3.05, 3.63) is 63.2 Å². The van der Waals surface area contributed by atoms with E-state index in [1.54, 1.807) is 0 Å². The van der Waals surface area contributed by atoms with Crippen molar-refractivity contribution in [1.82, 2.24) is 5.32 Å². The topological polar surface area (TPSA) is 47.6 Å². The number of carbonyl (C=O) groups is 1. The molecule has 1 heterocycles. The van der Waals surface area contributed by atoms with Crippen LogP contribution in [0.4, 0.5) is 0 Å². The van der Waals surface area contributed by atoms with Gasteiger partial charge in [0, 0.05) is 9.49 Å². The molecular weight excluding hydrogens is 465 g/mol. The van der Waals surface area contributed by atoms with Crippen molar-refractivity contribution in [2.45, 2.75) is 39.8 Å². The molecule has 4 nitrogen and oxygen atoms in total. The van der Waals surface area contributed by atoms with Crippen molar-refractivity contribution < 1.29 is 14.3 Å². The van der Waals surface area contributed by atoms with Crippen molar-refractivity contribution in [3.8, 4) is 5.75 Å². The van der Waals surface area contributed by atoms with Gasteiger partial charge in [0.2, 0.25) is 0 Å². The van der Waals surface area contributed by atoms with Crippen molar-refractivity contribution in [3.63, 3.8) is 0 Å². The highest BCUT2D eigenvalue weighted by Crippen LogP contribution is 2.24. The lowest BCUT2D eigenvalue weighted by atomic mass is 9.97. The SMILES string of the molecule is CC(C)(C)C(=O)OC1NCC[C@@H]1COc1ccc(Cc2ccc(I)cc2)cc1. The Labute approximate surface area is 181 Å². The zero-order valence-electron chi connectivity index (χ0n) is 16.7. The van der Waals surface area contributed by atoms with Crippen LogP contribution in [0.3, 0.4) is 0 Å². The highest BCUT2D eigenvalue weighted by atomic mass is 127. The fraction of sp³-hybridized carbons (Fsp3) is 0.435. The lowest BCUT2D eigenvalue weighted by molar-refractivity contribution is -0.162. The lowest BCUT2D eigenvalue weighted by Crippen LogP contribution is -2.38. The van der Waals surface area contributed by atoms with Gasteiger partial charge in [0.05, 0.1) is 12.0 Å². The quantitative estimate of drug-likeness (QED) is 0.465. The molecule has 0 aliphatic carbocycles. The second-order valence-electron chi connectivity index (χ2n) is 8.34. The van der Waals surface area contributed by atoms with Crippen molar-refractivity contribution in [2.24, 2.45) is 11.3 Å². The Hall–Kier alpha value is -1.60. The Balaban J connectivity index is 1.51. The molecule has 0 bridgehead atoms. The molecular formula is C23H28INO3. The summed E-state index contributed by atoms with van der Waals surface area (Å²) in [6.07, 6.45) is 1.58. The second-order valence-corrected chi connectivity index (χ2v) is 9.58. The van der Waals surface area contributed by atoms with Crippen molar-refractivity contribution in [2.75, 3.05) is 13.2 Å². The number of nitrogens with one attached hydrogen (secondary N) is 1. The number of benzene rings is 2. The third-order valence-electron chi connectivity index (χ3n) is 4.84. The monoisotopic (exact) mass is 493 g/mol. The van der Waals surface area contributed by atoms with Crippen LogP contribution in [0.15, 0.2) is 48.5 Å². The van der Waals surface area contributed by atoms with Crippen LogP contribution in [0.2, 0.25) is 0 Å². The Morgan fingerprint density at radius 2 is 1.68 bits per heavy atom. The molecule has 0 spiro atoms. The van der Waals surface area contributed by atoms with E-state index < -0.39 is 5.41 Å². The van der Waals surface area contributed by atoms with Crippen LogP contribution in [-0.2, 0) is 16.0 Å². The normalized spacial score (nSPS) is 19.4. The first-order valence-electron chi connectivity index (χ1n) is 9.72. The van der Waals surface area contributed by atoms with Gasteiger partial charge in [-0.05, 0) is 98.1 Å². The molecule has 2 atom stereocenters. The molecule has 1 unspecified atom stereocenters. The number of halogens is 1. The van der Waals surface area contributed by atoms with Gasteiger partial charge in [-0.3, -0.25) is 10.1 Å². The van der Waals surface area contributed by atoms with Crippen molar-refractivity contribution >= 4 is 28.6 Å². The number of carbonyl (C=O) groups excluding carboxylic acids is 1. The van der Waals surface area contributed by atoms with E-state index in [1.165, 1.54) is 14.7 Å². The molecule has 28 heavy (non-hydrogen) atoms. The average Bonchev–Trinajstić information content (AvgIpc) is 3.09. The van der Waals surface area contributed by atoms with Crippen LogP contribution < -0.4 is 10.1 Å². The summed E-state index contributed by atoms with van der Waals surface area (Å²) in [7, 11) is 0. The maximum absolute atomic E-state index is 12.1. The third-order valence-corrected chi connectivity index (χ3v) is 5.56. The summed E-state index contributed by atoms with van der Waals surface area (Å²) in [6, 6.07) is 16.8. The summed E-state index contributed by atoms with van der Waals surface area (Å²) in [4.78, 5) is 12.1. The van der Waals surface area contributed by atoms with Gasteiger partial charge in [-0.15, -0.1) is 0 Å². The van der Waals surface area contributed by atoms with E-state index in [4.69, 9.17) is 9.47 Å². The number of hydrogen-bond donors (Lipinski definition) is 1. The molecule has 1 N–H and O–H groups in total. The summed E-state index contributed by atoms with van der Waals surface area (Å²) >= 11 is 2.32. The summed E-state index contributed by atoms with van der Waals surface area (Å²) in [5.74, 6) is 0.828. The predicted octanol–water partition coefficient (Wildman–Crippen LogP) is 4.79. The van der Waals surface area contributed by atoms with Crippen LogP contribution in [0, 0.1) is 14.9 Å². The molecule has 2 aromatic carbocycles. The largest absolute Gasteiger partial charge is 0.493 e. The molecule has 3 rings (SSSR count). The zero-order chi connectivity index (χ0) is 20.1. The van der Waals surface area contributed by atoms with Gasteiger partial charge < -0.3 is 9.47 Å². The van der Waals surface area contributed by atoms with E-state index in [2.05, 4.69) is 64.3 Å². The molecule has 1 aliphatic rings. The minimum atomic E-state index is -0.497. The molecule has 1 aliphatic heterocycles. The minimum absolute atomic E-state index is 0.165. The third kappa shape index (κ3) is 5.95. The summed E-state index contributed by atoms with van der Waals surface area (Å²) in [5, 5.41) is 3.26. The number of ether oxygens (including phenoxy) is 2. The molecule has 1 saturated heterocycles. The van der Waals surface area contributed by atoms with E-state index in [0.29, 0.717) is 6.61 Å². The molecule has 0 amide bonds. The van der Waals surface area contributed by atoms with E-state index in [1.807, 2.05) is 32.9 Å². The van der Waals surface area contributed by atoms with E-state index in [9.17, 15) is 4.79 Å². The van der Waals surface area contributed by atoms with Gasteiger partial charge in [0.15, 0.2) is 6.23 Å². The van der Waals surface area contributed by atoms with Crippen LogP contribution in [-0.4, -0.2) is 25.3 Å². The van der Waals surface area contributed by atoms with Crippen molar-refractivity contribution in [1.29, 1.82) is 0 Å². The van der Waals surface area contributed by atoms with Gasteiger partial charge in [0.1, 0.15) is 5.75 Å². The first-order valence-corrected chi connectivity index (χ1v) is 10.8. The number of rotatable bonds is 6. The number of esters is 1. The van der Waals surface area contributed by atoms with E-state index in [0.717, 1.165) is 25.1 Å².